The number of hydrogen-bond donors (Lipinski definition) is 0. The first kappa shape index (κ1) is 33.7. The molecule has 0 aliphatic rings. The molecule has 0 saturated carbocycles. The molecule has 9 aromatic rings. The van der Waals surface area contributed by atoms with Gasteiger partial charge in [-0.2, -0.15) is 0 Å². The van der Waals surface area contributed by atoms with E-state index in [2.05, 4.69) is 206 Å². The zero-order valence-corrected chi connectivity index (χ0v) is 30.7. The molecular formula is C52H39N3. The van der Waals surface area contributed by atoms with E-state index in [1.165, 1.54) is 33.0 Å². The van der Waals surface area contributed by atoms with Crippen LogP contribution < -0.4 is 0 Å². The van der Waals surface area contributed by atoms with Gasteiger partial charge in [0.05, 0.1) is 23.3 Å². The van der Waals surface area contributed by atoms with E-state index in [9.17, 15) is 0 Å². The summed E-state index contributed by atoms with van der Waals surface area (Å²) in [4.78, 5) is 10.5. The van der Waals surface area contributed by atoms with Crippen LogP contribution in [0.15, 0.2) is 216 Å². The van der Waals surface area contributed by atoms with E-state index in [0.29, 0.717) is 12.4 Å². The molecule has 1 aromatic heterocycles. The van der Waals surface area contributed by atoms with Crippen molar-refractivity contribution >= 4 is 33.4 Å². The zero-order chi connectivity index (χ0) is 37.0. The first-order valence-electron chi connectivity index (χ1n) is 18.8. The van der Waals surface area contributed by atoms with Crippen LogP contribution in [0.1, 0.15) is 23.6 Å². The molecule has 0 radical (unpaired) electrons. The van der Waals surface area contributed by atoms with E-state index in [4.69, 9.17) is 9.98 Å². The third-order valence-corrected chi connectivity index (χ3v) is 10.3. The fraction of sp³-hybridized carbons (Fsp3) is 0.0385. The summed E-state index contributed by atoms with van der Waals surface area (Å²) in [7, 11) is 0. The molecule has 0 aliphatic heterocycles. The van der Waals surface area contributed by atoms with Crippen LogP contribution >= 0.6 is 0 Å². The molecule has 55 heavy (non-hydrogen) atoms. The van der Waals surface area contributed by atoms with Crippen LogP contribution in [0.5, 0.6) is 0 Å². The highest BCUT2D eigenvalue weighted by atomic mass is 15.0. The maximum atomic E-state index is 5.39. The van der Waals surface area contributed by atoms with Crippen LogP contribution in [0.25, 0.3) is 60.9 Å². The number of aromatic nitrogens is 1. The lowest BCUT2D eigenvalue weighted by Gasteiger charge is -2.17. The minimum Gasteiger partial charge on any atom is -0.309 e. The van der Waals surface area contributed by atoms with Crippen LogP contribution in [0.2, 0.25) is 0 Å². The molecule has 0 aliphatic carbocycles. The molecule has 0 bridgehead atoms. The Morgan fingerprint density at radius 2 is 0.927 bits per heavy atom. The van der Waals surface area contributed by atoms with Crippen LogP contribution in [-0.4, -0.2) is 16.1 Å². The van der Waals surface area contributed by atoms with Gasteiger partial charge in [-0.05, 0) is 64.1 Å². The lowest BCUT2D eigenvalue weighted by molar-refractivity contribution is 1.06. The van der Waals surface area contributed by atoms with Gasteiger partial charge in [0.2, 0.25) is 0 Å². The third-order valence-electron chi connectivity index (χ3n) is 10.3. The monoisotopic (exact) mass is 705 g/mol. The van der Waals surface area contributed by atoms with Gasteiger partial charge in [-0.15, -0.1) is 0 Å². The summed E-state index contributed by atoms with van der Waals surface area (Å²) < 4.78 is 2.42. The van der Waals surface area contributed by atoms with Gasteiger partial charge in [0.1, 0.15) is 0 Å². The summed E-state index contributed by atoms with van der Waals surface area (Å²) in [6, 6.07) is 73.0. The van der Waals surface area contributed by atoms with Crippen molar-refractivity contribution in [2.24, 2.45) is 9.98 Å². The van der Waals surface area contributed by atoms with E-state index >= 15 is 0 Å². The first-order valence-corrected chi connectivity index (χ1v) is 18.8. The summed E-state index contributed by atoms with van der Waals surface area (Å²) in [6.07, 6.45) is 0. The zero-order valence-electron chi connectivity index (χ0n) is 30.7. The van der Waals surface area contributed by atoms with E-state index < -0.39 is 0 Å². The first-order chi connectivity index (χ1) is 27.2. The number of fused-ring (bicyclic) bond motifs is 3. The maximum absolute atomic E-state index is 5.39. The van der Waals surface area contributed by atoms with Gasteiger partial charge in [-0.1, -0.05) is 188 Å². The maximum Gasteiger partial charge on any atom is 0.155 e. The molecule has 262 valence electrons. The molecule has 0 spiro atoms. The van der Waals surface area contributed by atoms with Crippen molar-refractivity contribution in [3.8, 4) is 39.1 Å². The van der Waals surface area contributed by atoms with Gasteiger partial charge in [0.15, 0.2) is 5.84 Å². The number of aliphatic imine (C=N–C) groups is 2. The van der Waals surface area contributed by atoms with Crippen LogP contribution in [-0.2, 0) is 6.54 Å². The number of nitrogens with zero attached hydrogens (tertiary/aromatic N) is 3. The van der Waals surface area contributed by atoms with Crippen molar-refractivity contribution < 1.29 is 0 Å². The Morgan fingerprint density at radius 1 is 0.436 bits per heavy atom. The van der Waals surface area contributed by atoms with Gasteiger partial charge in [-0.25, -0.2) is 4.99 Å². The second-order valence-corrected chi connectivity index (χ2v) is 13.8. The smallest absolute Gasteiger partial charge is 0.155 e. The van der Waals surface area contributed by atoms with Crippen molar-refractivity contribution in [3.63, 3.8) is 0 Å². The summed E-state index contributed by atoms with van der Waals surface area (Å²) in [6.45, 7) is 2.64. The standard InChI is InChI=1S/C52H39N3/c1-37(54-52(53-36-38-16-6-2-7-17-38)43-28-26-42(27-29-43)39-18-8-3-9-19-39)46-32-30-44(40-20-10-4-11-21-40)34-50(46)55-49-25-15-14-24-47(49)48-33-31-45(35-51(48)55)41-22-12-5-13-23-41/h2-35H,36H2,1H3. The van der Waals surface area contributed by atoms with Crippen molar-refractivity contribution in [2.45, 2.75) is 13.5 Å². The van der Waals surface area contributed by atoms with Gasteiger partial charge >= 0.3 is 0 Å². The number of amidine groups is 1. The molecule has 9 rings (SSSR count). The summed E-state index contributed by atoms with van der Waals surface area (Å²) in [5.41, 5.74) is 14.4. The number of para-hydroxylation sites is 1. The van der Waals surface area contributed by atoms with E-state index in [-0.39, 0.29) is 0 Å². The third kappa shape index (κ3) is 6.92. The van der Waals surface area contributed by atoms with Gasteiger partial charge < -0.3 is 4.57 Å². The van der Waals surface area contributed by atoms with Crippen molar-refractivity contribution in [1.82, 2.24) is 4.57 Å². The fourth-order valence-corrected chi connectivity index (χ4v) is 7.48. The van der Waals surface area contributed by atoms with Gasteiger partial charge in [0.25, 0.3) is 0 Å². The predicted octanol–water partition coefficient (Wildman–Crippen LogP) is 13.2. The van der Waals surface area contributed by atoms with Crippen molar-refractivity contribution in [2.75, 3.05) is 0 Å². The molecule has 0 unspecified atom stereocenters. The second-order valence-electron chi connectivity index (χ2n) is 13.8. The Morgan fingerprint density at radius 3 is 1.58 bits per heavy atom. The van der Waals surface area contributed by atoms with Crippen LogP contribution in [0.3, 0.4) is 0 Å². The Balaban J connectivity index is 1.24. The van der Waals surface area contributed by atoms with E-state index in [0.717, 1.165) is 50.2 Å². The molecule has 1 heterocycles. The summed E-state index contributed by atoms with van der Waals surface area (Å²) >= 11 is 0. The lowest BCUT2D eigenvalue weighted by Crippen LogP contribution is -2.09. The molecule has 3 nitrogen and oxygen atoms in total. The van der Waals surface area contributed by atoms with E-state index in [1.807, 2.05) is 12.1 Å². The summed E-state index contributed by atoms with van der Waals surface area (Å²) in [5, 5.41) is 2.43. The topological polar surface area (TPSA) is 29.6 Å². The average Bonchev–Trinajstić information content (AvgIpc) is 3.60. The molecule has 0 amide bonds. The summed E-state index contributed by atoms with van der Waals surface area (Å²) in [5.74, 6) is 0.702. The predicted molar refractivity (Wildman–Crippen MR) is 232 cm³/mol. The SMILES string of the molecule is CC(=NC(=NCc1ccccc1)c1ccc(-c2ccccc2)cc1)c1ccc(-c2ccccc2)cc1-n1c2ccccc2c2ccc(-c3ccccc3)cc21. The van der Waals surface area contributed by atoms with Crippen molar-refractivity contribution in [1.29, 1.82) is 0 Å². The Hall–Kier alpha value is -7.10. The number of benzene rings is 8. The average molecular weight is 706 g/mol. The highest BCUT2D eigenvalue weighted by Gasteiger charge is 2.18. The Labute approximate surface area is 322 Å². The van der Waals surface area contributed by atoms with Crippen LogP contribution in [0, 0.1) is 0 Å². The molecule has 0 fully saturated rings. The number of hydrogen-bond acceptors (Lipinski definition) is 1. The second kappa shape index (κ2) is 15.1. The molecule has 0 atom stereocenters. The van der Waals surface area contributed by atoms with Crippen LogP contribution in [0.4, 0.5) is 0 Å². The number of rotatable bonds is 8. The minimum atomic E-state index is 0.530. The molecule has 0 saturated heterocycles. The fourth-order valence-electron chi connectivity index (χ4n) is 7.48. The highest BCUT2D eigenvalue weighted by molar-refractivity contribution is 6.15. The minimum absolute atomic E-state index is 0.530. The molecule has 0 N–H and O–H groups in total. The molecular weight excluding hydrogens is 667 g/mol. The van der Waals surface area contributed by atoms with E-state index in [1.54, 1.807) is 0 Å². The quantitative estimate of drug-likeness (QED) is 0.111. The van der Waals surface area contributed by atoms with Gasteiger partial charge in [-0.3, -0.25) is 4.99 Å². The largest absolute Gasteiger partial charge is 0.309 e. The Kier molecular flexibility index (Phi) is 9.26. The van der Waals surface area contributed by atoms with Gasteiger partial charge in [0, 0.05) is 27.6 Å². The molecule has 8 aromatic carbocycles. The normalized spacial score (nSPS) is 12.0. The van der Waals surface area contributed by atoms with Crippen molar-refractivity contribution in [3.05, 3.63) is 223 Å². The highest BCUT2D eigenvalue weighted by Crippen LogP contribution is 2.37. The lowest BCUT2D eigenvalue weighted by atomic mass is 9.99. The molecule has 3 heteroatoms. The Bertz CT molecular complexity index is 2800.